The van der Waals surface area contributed by atoms with Crippen molar-refractivity contribution in [3.8, 4) is 0 Å². The maximum atomic E-state index is 12.3. The molecule has 2 aromatic heterocycles. The summed E-state index contributed by atoms with van der Waals surface area (Å²) in [6, 6.07) is 1.99. The van der Waals surface area contributed by atoms with E-state index in [0.717, 1.165) is 10.9 Å². The first-order chi connectivity index (χ1) is 9.40. The Labute approximate surface area is 123 Å². The SMILES string of the molecule is CC(C)n1cc(C(=O)/C=C/N(C)C)c2cc(Cl)ncc21. The van der Waals surface area contributed by atoms with Gasteiger partial charge in [-0.25, -0.2) is 4.98 Å². The van der Waals surface area contributed by atoms with Crippen LogP contribution >= 0.6 is 11.6 Å². The minimum Gasteiger partial charge on any atom is -0.383 e. The number of rotatable bonds is 4. The molecule has 0 aliphatic heterocycles. The Bertz CT molecular complexity index is 671. The topological polar surface area (TPSA) is 38.1 Å². The molecule has 2 rings (SSSR count). The van der Waals surface area contributed by atoms with Gasteiger partial charge in [0.15, 0.2) is 5.78 Å². The lowest BCUT2D eigenvalue weighted by atomic mass is 10.1. The van der Waals surface area contributed by atoms with Crippen molar-refractivity contribution >= 4 is 28.3 Å². The number of allylic oxidation sites excluding steroid dienone is 1. The van der Waals surface area contributed by atoms with Gasteiger partial charge in [0.2, 0.25) is 0 Å². The molecule has 2 heterocycles. The summed E-state index contributed by atoms with van der Waals surface area (Å²) in [6.45, 7) is 4.13. The molecule has 0 aromatic carbocycles. The van der Waals surface area contributed by atoms with Gasteiger partial charge in [-0.3, -0.25) is 4.79 Å². The zero-order chi connectivity index (χ0) is 14.9. The number of carbonyl (C=O) groups excluding carboxylic acids is 1. The van der Waals surface area contributed by atoms with Gasteiger partial charge in [-0.2, -0.15) is 0 Å². The van der Waals surface area contributed by atoms with Crippen LogP contribution < -0.4 is 0 Å². The summed E-state index contributed by atoms with van der Waals surface area (Å²) >= 11 is 5.95. The third-order valence-corrected chi connectivity index (χ3v) is 3.24. The molecule has 0 aliphatic carbocycles. The highest BCUT2D eigenvalue weighted by atomic mass is 35.5. The molecule has 0 spiro atoms. The minimum absolute atomic E-state index is 0.0367. The number of pyridine rings is 1. The van der Waals surface area contributed by atoms with Crippen LogP contribution in [-0.2, 0) is 0 Å². The second-order valence-electron chi connectivity index (χ2n) is 5.21. The fraction of sp³-hybridized carbons (Fsp3) is 0.333. The van der Waals surface area contributed by atoms with Crippen molar-refractivity contribution in [1.82, 2.24) is 14.5 Å². The number of fused-ring (bicyclic) bond motifs is 1. The van der Waals surface area contributed by atoms with Crippen LogP contribution in [0.5, 0.6) is 0 Å². The Morgan fingerprint density at radius 3 is 2.75 bits per heavy atom. The summed E-state index contributed by atoms with van der Waals surface area (Å²) < 4.78 is 2.04. The molecule has 20 heavy (non-hydrogen) atoms. The molecule has 0 saturated heterocycles. The van der Waals surface area contributed by atoms with Crippen molar-refractivity contribution in [2.24, 2.45) is 0 Å². The molecule has 0 aliphatic rings. The predicted octanol–water partition coefficient (Wildman–Crippen LogP) is 3.53. The van der Waals surface area contributed by atoms with E-state index in [4.69, 9.17) is 11.6 Å². The number of nitrogens with zero attached hydrogens (tertiary/aromatic N) is 3. The Balaban J connectivity index is 2.58. The molecule has 0 saturated carbocycles. The summed E-state index contributed by atoms with van der Waals surface area (Å²) in [5.74, 6) is -0.0367. The summed E-state index contributed by atoms with van der Waals surface area (Å²) in [5, 5.41) is 1.23. The Morgan fingerprint density at radius 1 is 1.45 bits per heavy atom. The van der Waals surface area contributed by atoms with Crippen molar-refractivity contribution in [3.63, 3.8) is 0 Å². The molecule has 106 valence electrons. The van der Waals surface area contributed by atoms with Gasteiger partial charge in [-0.05, 0) is 19.9 Å². The monoisotopic (exact) mass is 291 g/mol. The smallest absolute Gasteiger partial charge is 0.189 e. The fourth-order valence-corrected chi connectivity index (χ4v) is 2.21. The largest absolute Gasteiger partial charge is 0.383 e. The maximum absolute atomic E-state index is 12.3. The molecule has 4 nitrogen and oxygen atoms in total. The first-order valence-corrected chi connectivity index (χ1v) is 6.83. The van der Waals surface area contributed by atoms with E-state index in [1.54, 1.807) is 24.5 Å². The second-order valence-corrected chi connectivity index (χ2v) is 5.60. The van der Waals surface area contributed by atoms with E-state index in [1.165, 1.54) is 0 Å². The van der Waals surface area contributed by atoms with Crippen LogP contribution in [-0.4, -0.2) is 34.3 Å². The van der Waals surface area contributed by atoms with Gasteiger partial charge in [0.25, 0.3) is 0 Å². The van der Waals surface area contributed by atoms with Crippen LogP contribution in [0.2, 0.25) is 5.15 Å². The Kier molecular flexibility index (Phi) is 4.14. The third-order valence-electron chi connectivity index (χ3n) is 3.03. The molecule has 0 atom stereocenters. The highest BCUT2D eigenvalue weighted by molar-refractivity contribution is 6.30. The molecular formula is C15H18ClN3O. The van der Waals surface area contributed by atoms with Crippen molar-refractivity contribution in [1.29, 1.82) is 0 Å². The molecule has 0 radical (unpaired) electrons. The summed E-state index contributed by atoms with van der Waals surface area (Å²) in [7, 11) is 3.75. The van der Waals surface area contributed by atoms with E-state index >= 15 is 0 Å². The number of ketones is 1. The van der Waals surface area contributed by atoms with Crippen molar-refractivity contribution in [3.05, 3.63) is 41.5 Å². The average molecular weight is 292 g/mol. The summed E-state index contributed by atoms with van der Waals surface area (Å²) in [4.78, 5) is 18.3. The van der Waals surface area contributed by atoms with Gasteiger partial charge in [0.1, 0.15) is 5.15 Å². The molecule has 2 aromatic rings. The van der Waals surface area contributed by atoms with Gasteiger partial charge in [-0.1, -0.05) is 11.6 Å². The third kappa shape index (κ3) is 2.85. The lowest BCUT2D eigenvalue weighted by molar-refractivity contribution is 0.104. The number of hydrogen-bond acceptors (Lipinski definition) is 3. The zero-order valence-electron chi connectivity index (χ0n) is 12.1. The van der Waals surface area contributed by atoms with E-state index in [9.17, 15) is 4.79 Å². The molecule has 0 fully saturated rings. The maximum Gasteiger partial charge on any atom is 0.189 e. The van der Waals surface area contributed by atoms with Crippen LogP contribution in [0.1, 0.15) is 30.2 Å². The van der Waals surface area contributed by atoms with Crippen LogP contribution in [0.25, 0.3) is 10.9 Å². The first-order valence-electron chi connectivity index (χ1n) is 6.45. The molecule has 0 bridgehead atoms. The predicted molar refractivity (Wildman–Crippen MR) is 82.3 cm³/mol. The van der Waals surface area contributed by atoms with Crippen molar-refractivity contribution in [2.45, 2.75) is 19.9 Å². The van der Waals surface area contributed by atoms with Crippen LogP contribution in [0.15, 0.2) is 30.7 Å². The highest BCUT2D eigenvalue weighted by Gasteiger charge is 2.15. The van der Waals surface area contributed by atoms with Gasteiger partial charge in [0.05, 0.1) is 11.7 Å². The zero-order valence-corrected chi connectivity index (χ0v) is 12.8. The molecule has 0 unspecified atom stereocenters. The average Bonchev–Trinajstić information content (AvgIpc) is 2.74. The highest BCUT2D eigenvalue weighted by Crippen LogP contribution is 2.26. The lowest BCUT2D eigenvalue weighted by Gasteiger charge is -2.08. The van der Waals surface area contributed by atoms with Crippen LogP contribution in [0.4, 0.5) is 0 Å². The van der Waals surface area contributed by atoms with Crippen molar-refractivity contribution in [2.75, 3.05) is 14.1 Å². The second kappa shape index (κ2) is 5.67. The van der Waals surface area contributed by atoms with Crippen LogP contribution in [0.3, 0.4) is 0 Å². The fourth-order valence-electron chi connectivity index (χ4n) is 2.05. The van der Waals surface area contributed by atoms with Gasteiger partial charge in [-0.15, -0.1) is 0 Å². The standard InChI is InChI=1S/C15H18ClN3O/c1-10(2)19-9-12(14(20)5-6-18(3)4)11-7-15(16)17-8-13(11)19/h5-10H,1-4H3/b6-5+. The Hall–Kier alpha value is -1.81. The summed E-state index contributed by atoms with van der Waals surface area (Å²) in [5.41, 5.74) is 1.57. The number of aromatic nitrogens is 2. The number of halogens is 1. The van der Waals surface area contributed by atoms with E-state index in [-0.39, 0.29) is 11.8 Å². The van der Waals surface area contributed by atoms with Crippen LogP contribution in [0, 0.1) is 0 Å². The van der Waals surface area contributed by atoms with E-state index in [1.807, 2.05) is 29.8 Å². The van der Waals surface area contributed by atoms with Gasteiger partial charge >= 0.3 is 0 Å². The Morgan fingerprint density at radius 2 is 2.15 bits per heavy atom. The van der Waals surface area contributed by atoms with E-state index < -0.39 is 0 Å². The number of hydrogen-bond donors (Lipinski definition) is 0. The van der Waals surface area contributed by atoms with E-state index in [0.29, 0.717) is 10.7 Å². The normalized spacial score (nSPS) is 11.7. The van der Waals surface area contributed by atoms with Gasteiger partial charge in [0, 0.05) is 49.6 Å². The molecule has 0 N–H and O–H groups in total. The first kappa shape index (κ1) is 14.6. The quantitative estimate of drug-likeness (QED) is 0.491. The minimum atomic E-state index is -0.0367. The molecule has 0 amide bonds. The van der Waals surface area contributed by atoms with Gasteiger partial charge < -0.3 is 9.47 Å². The van der Waals surface area contributed by atoms with E-state index in [2.05, 4.69) is 18.8 Å². The number of carbonyl (C=O) groups is 1. The lowest BCUT2D eigenvalue weighted by Crippen LogP contribution is -2.03. The van der Waals surface area contributed by atoms with Crippen molar-refractivity contribution < 1.29 is 4.79 Å². The molecular weight excluding hydrogens is 274 g/mol. The summed E-state index contributed by atoms with van der Waals surface area (Å²) in [6.07, 6.45) is 6.89. The molecule has 5 heteroatoms.